The molecule has 0 aliphatic heterocycles. The fourth-order valence-corrected chi connectivity index (χ4v) is 2.81. The van der Waals surface area contributed by atoms with Crippen LogP contribution < -0.4 is 10.5 Å². The molecule has 1 unspecified atom stereocenters. The van der Waals surface area contributed by atoms with E-state index in [9.17, 15) is 8.42 Å². The van der Waals surface area contributed by atoms with Gasteiger partial charge in [0.05, 0.1) is 4.90 Å². The van der Waals surface area contributed by atoms with Gasteiger partial charge in [0.1, 0.15) is 0 Å². The van der Waals surface area contributed by atoms with Gasteiger partial charge < -0.3 is 5.32 Å². The standard InChI is InChI=1S/C17H22N2O2S/c1-14(16-5-3-2-4-6-16)13-19-12-11-15-7-9-17(10-8-15)22(18,20)21/h2-10,14,19H,11-13H2,1H3,(H2,18,20,21). The molecule has 0 spiro atoms. The van der Waals surface area contributed by atoms with Gasteiger partial charge >= 0.3 is 0 Å². The third-order valence-corrected chi connectivity index (χ3v) is 4.59. The normalized spacial score (nSPS) is 13.0. The van der Waals surface area contributed by atoms with E-state index in [0.717, 1.165) is 25.1 Å². The highest BCUT2D eigenvalue weighted by Gasteiger charge is 2.07. The fourth-order valence-electron chi connectivity index (χ4n) is 2.30. The van der Waals surface area contributed by atoms with Crippen molar-refractivity contribution in [2.45, 2.75) is 24.2 Å². The van der Waals surface area contributed by atoms with E-state index in [2.05, 4.69) is 36.5 Å². The molecule has 0 aromatic heterocycles. The minimum absolute atomic E-state index is 0.155. The molecular formula is C17H22N2O2S. The predicted octanol–water partition coefficient (Wildman–Crippen LogP) is 2.27. The lowest BCUT2D eigenvalue weighted by atomic mass is 10.0. The van der Waals surface area contributed by atoms with Crippen LogP contribution in [-0.4, -0.2) is 21.5 Å². The number of primary sulfonamides is 1. The van der Waals surface area contributed by atoms with Crippen molar-refractivity contribution in [1.29, 1.82) is 0 Å². The summed E-state index contributed by atoms with van der Waals surface area (Å²) in [5, 5.41) is 8.51. The number of nitrogens with one attached hydrogen (secondary N) is 1. The Hall–Kier alpha value is -1.69. The molecule has 0 radical (unpaired) electrons. The maximum absolute atomic E-state index is 11.2. The molecule has 0 aliphatic carbocycles. The first-order valence-electron chi connectivity index (χ1n) is 7.34. The summed E-state index contributed by atoms with van der Waals surface area (Å²) in [7, 11) is -3.60. The first-order chi connectivity index (χ1) is 10.5. The molecule has 0 aliphatic rings. The van der Waals surface area contributed by atoms with E-state index in [0.29, 0.717) is 5.92 Å². The SMILES string of the molecule is CC(CNCCc1ccc(S(N)(=O)=O)cc1)c1ccccc1. The summed E-state index contributed by atoms with van der Waals surface area (Å²) in [6.45, 7) is 3.97. The molecule has 0 fully saturated rings. The van der Waals surface area contributed by atoms with Crippen LogP contribution in [0.1, 0.15) is 24.0 Å². The Morgan fingerprint density at radius 1 is 1.05 bits per heavy atom. The summed E-state index contributed by atoms with van der Waals surface area (Å²) < 4.78 is 22.4. The average Bonchev–Trinajstić information content (AvgIpc) is 2.52. The lowest BCUT2D eigenvalue weighted by Crippen LogP contribution is -2.22. The zero-order valence-corrected chi connectivity index (χ0v) is 13.5. The van der Waals surface area contributed by atoms with Crippen LogP contribution in [0.4, 0.5) is 0 Å². The third-order valence-electron chi connectivity index (χ3n) is 3.66. The van der Waals surface area contributed by atoms with Gasteiger partial charge in [-0.3, -0.25) is 0 Å². The van der Waals surface area contributed by atoms with Crippen molar-refractivity contribution in [3.05, 3.63) is 65.7 Å². The predicted molar refractivity (Wildman–Crippen MR) is 89.2 cm³/mol. The van der Waals surface area contributed by atoms with E-state index >= 15 is 0 Å². The zero-order valence-electron chi connectivity index (χ0n) is 12.7. The number of nitrogens with two attached hydrogens (primary N) is 1. The quantitative estimate of drug-likeness (QED) is 0.769. The Bertz CT molecular complexity index is 682. The van der Waals surface area contributed by atoms with Gasteiger partial charge in [0.25, 0.3) is 0 Å². The van der Waals surface area contributed by atoms with Gasteiger partial charge in [0.15, 0.2) is 0 Å². The highest BCUT2D eigenvalue weighted by molar-refractivity contribution is 7.89. The molecule has 0 saturated carbocycles. The molecule has 4 nitrogen and oxygen atoms in total. The van der Waals surface area contributed by atoms with E-state index in [1.807, 2.05) is 18.2 Å². The maximum atomic E-state index is 11.2. The molecule has 118 valence electrons. The van der Waals surface area contributed by atoms with Gasteiger partial charge in [-0.15, -0.1) is 0 Å². The van der Waals surface area contributed by atoms with Gasteiger partial charge in [-0.05, 0) is 42.1 Å². The fraction of sp³-hybridized carbons (Fsp3) is 0.294. The minimum atomic E-state index is -3.60. The highest BCUT2D eigenvalue weighted by Crippen LogP contribution is 2.13. The summed E-state index contributed by atoms with van der Waals surface area (Å²) in [5.74, 6) is 0.464. The van der Waals surface area contributed by atoms with Gasteiger partial charge in [-0.2, -0.15) is 0 Å². The smallest absolute Gasteiger partial charge is 0.238 e. The van der Waals surface area contributed by atoms with Crippen LogP contribution in [0.15, 0.2) is 59.5 Å². The molecule has 0 bridgehead atoms. The van der Waals surface area contributed by atoms with Crippen LogP contribution >= 0.6 is 0 Å². The summed E-state index contributed by atoms with van der Waals surface area (Å²) >= 11 is 0. The molecular weight excluding hydrogens is 296 g/mol. The lowest BCUT2D eigenvalue weighted by Gasteiger charge is -2.13. The topological polar surface area (TPSA) is 72.2 Å². The minimum Gasteiger partial charge on any atom is -0.316 e. The Morgan fingerprint density at radius 3 is 2.27 bits per heavy atom. The van der Waals surface area contributed by atoms with Crippen molar-refractivity contribution in [3.8, 4) is 0 Å². The molecule has 0 saturated heterocycles. The molecule has 0 heterocycles. The number of rotatable bonds is 7. The van der Waals surface area contributed by atoms with E-state index < -0.39 is 10.0 Å². The van der Waals surface area contributed by atoms with E-state index in [1.165, 1.54) is 5.56 Å². The average molecular weight is 318 g/mol. The second kappa shape index (κ2) is 7.54. The van der Waals surface area contributed by atoms with Gasteiger partial charge in [0, 0.05) is 6.54 Å². The number of benzene rings is 2. The van der Waals surface area contributed by atoms with Crippen molar-refractivity contribution in [1.82, 2.24) is 5.32 Å². The Labute approximate surface area is 132 Å². The van der Waals surface area contributed by atoms with E-state index in [1.54, 1.807) is 12.1 Å². The van der Waals surface area contributed by atoms with Crippen LogP contribution in [0.5, 0.6) is 0 Å². The largest absolute Gasteiger partial charge is 0.316 e. The molecule has 0 amide bonds. The Kier molecular flexibility index (Phi) is 5.71. The van der Waals surface area contributed by atoms with Crippen molar-refractivity contribution < 1.29 is 8.42 Å². The lowest BCUT2D eigenvalue weighted by molar-refractivity contribution is 0.597. The molecule has 22 heavy (non-hydrogen) atoms. The number of hydrogen-bond donors (Lipinski definition) is 2. The van der Waals surface area contributed by atoms with Crippen molar-refractivity contribution in [2.75, 3.05) is 13.1 Å². The highest BCUT2D eigenvalue weighted by atomic mass is 32.2. The van der Waals surface area contributed by atoms with Gasteiger partial charge in [-0.1, -0.05) is 49.4 Å². The van der Waals surface area contributed by atoms with Gasteiger partial charge in [0.2, 0.25) is 10.0 Å². The third kappa shape index (κ3) is 4.94. The Morgan fingerprint density at radius 2 is 1.68 bits per heavy atom. The van der Waals surface area contributed by atoms with Crippen LogP contribution in [-0.2, 0) is 16.4 Å². The molecule has 2 rings (SSSR count). The zero-order chi connectivity index (χ0) is 16.0. The number of sulfonamides is 1. The second-order valence-electron chi connectivity index (χ2n) is 5.45. The van der Waals surface area contributed by atoms with E-state index in [4.69, 9.17) is 5.14 Å². The first kappa shape index (κ1) is 16.7. The molecule has 5 heteroatoms. The van der Waals surface area contributed by atoms with Crippen LogP contribution in [0.3, 0.4) is 0 Å². The Balaban J connectivity index is 1.77. The van der Waals surface area contributed by atoms with Crippen molar-refractivity contribution in [2.24, 2.45) is 5.14 Å². The summed E-state index contributed by atoms with van der Waals surface area (Å²) in [6.07, 6.45) is 0.854. The van der Waals surface area contributed by atoms with Crippen LogP contribution in [0.25, 0.3) is 0 Å². The van der Waals surface area contributed by atoms with E-state index in [-0.39, 0.29) is 4.90 Å². The van der Waals surface area contributed by atoms with Crippen LogP contribution in [0.2, 0.25) is 0 Å². The maximum Gasteiger partial charge on any atom is 0.238 e. The molecule has 2 aromatic rings. The first-order valence-corrected chi connectivity index (χ1v) is 8.89. The monoisotopic (exact) mass is 318 g/mol. The van der Waals surface area contributed by atoms with Crippen molar-refractivity contribution in [3.63, 3.8) is 0 Å². The molecule has 2 aromatic carbocycles. The van der Waals surface area contributed by atoms with Crippen molar-refractivity contribution >= 4 is 10.0 Å². The number of hydrogen-bond acceptors (Lipinski definition) is 3. The van der Waals surface area contributed by atoms with Crippen LogP contribution in [0, 0.1) is 0 Å². The molecule has 1 atom stereocenters. The second-order valence-corrected chi connectivity index (χ2v) is 7.02. The van der Waals surface area contributed by atoms with Gasteiger partial charge in [-0.25, -0.2) is 13.6 Å². The summed E-state index contributed by atoms with van der Waals surface area (Å²) in [5.41, 5.74) is 2.42. The molecule has 3 N–H and O–H groups in total. The summed E-state index contributed by atoms with van der Waals surface area (Å²) in [4.78, 5) is 0.155. The summed E-state index contributed by atoms with van der Waals surface area (Å²) in [6, 6.07) is 17.1.